The fraction of sp³-hybridized carbons (Fsp3) is 0.318. The van der Waals surface area contributed by atoms with Crippen LogP contribution in [0.25, 0.3) is 0 Å². The molecule has 2 aromatic carbocycles. The van der Waals surface area contributed by atoms with Crippen molar-refractivity contribution in [2.24, 2.45) is 0 Å². The number of cyclic esters (lactones) is 1. The van der Waals surface area contributed by atoms with Crippen LogP contribution in [0.1, 0.15) is 34.8 Å². The van der Waals surface area contributed by atoms with Gasteiger partial charge < -0.3 is 14.4 Å². The van der Waals surface area contributed by atoms with Gasteiger partial charge in [0, 0.05) is 19.5 Å². The predicted octanol–water partition coefficient (Wildman–Crippen LogP) is 2.75. The monoisotopic (exact) mass is 381 g/mol. The smallest absolute Gasteiger partial charge is 0.339 e. The lowest BCUT2D eigenvalue weighted by Crippen LogP contribution is -2.53. The molecule has 146 valence electrons. The molecular formula is C22H23NO5. The Balaban J connectivity index is 1.85. The Hall–Kier alpha value is -3.15. The number of fused-ring (bicyclic) bond motifs is 1. The van der Waals surface area contributed by atoms with Gasteiger partial charge in [-0.15, -0.1) is 0 Å². The number of carbonyl (C=O) groups is 3. The molecule has 0 radical (unpaired) electrons. The van der Waals surface area contributed by atoms with Gasteiger partial charge in [-0.25, -0.2) is 4.79 Å². The van der Waals surface area contributed by atoms with E-state index in [0.717, 1.165) is 11.1 Å². The summed E-state index contributed by atoms with van der Waals surface area (Å²) >= 11 is 0. The maximum absolute atomic E-state index is 13.4. The van der Waals surface area contributed by atoms with E-state index in [9.17, 15) is 14.4 Å². The van der Waals surface area contributed by atoms with E-state index in [4.69, 9.17) is 9.47 Å². The summed E-state index contributed by atoms with van der Waals surface area (Å²) in [6, 6.07) is 16.6. The summed E-state index contributed by atoms with van der Waals surface area (Å²) in [5.41, 5.74) is 0.863. The molecule has 1 unspecified atom stereocenters. The first-order chi connectivity index (χ1) is 13.4. The third-order valence-electron chi connectivity index (χ3n) is 4.85. The van der Waals surface area contributed by atoms with E-state index in [2.05, 4.69) is 0 Å². The van der Waals surface area contributed by atoms with Crippen molar-refractivity contribution >= 4 is 17.8 Å². The first kappa shape index (κ1) is 19.6. The minimum Gasteiger partial charge on any atom is -0.469 e. The number of esters is 2. The molecule has 0 saturated heterocycles. The Morgan fingerprint density at radius 3 is 2.50 bits per heavy atom. The van der Waals surface area contributed by atoms with Crippen molar-refractivity contribution in [2.45, 2.75) is 31.9 Å². The van der Waals surface area contributed by atoms with Crippen molar-refractivity contribution in [3.05, 3.63) is 71.3 Å². The van der Waals surface area contributed by atoms with E-state index >= 15 is 0 Å². The lowest BCUT2D eigenvalue weighted by atomic mass is 9.88. The summed E-state index contributed by atoms with van der Waals surface area (Å²) < 4.78 is 10.3. The molecule has 1 aliphatic heterocycles. The van der Waals surface area contributed by atoms with E-state index in [1.165, 1.54) is 7.11 Å². The number of amides is 1. The summed E-state index contributed by atoms with van der Waals surface area (Å²) in [7, 11) is 1.31. The van der Waals surface area contributed by atoms with Crippen molar-refractivity contribution in [1.29, 1.82) is 0 Å². The minimum absolute atomic E-state index is 0.0652. The lowest BCUT2D eigenvalue weighted by molar-refractivity contribution is -0.153. The molecule has 1 heterocycles. The maximum Gasteiger partial charge on any atom is 0.339 e. The molecule has 6 nitrogen and oxygen atoms in total. The molecule has 0 aliphatic carbocycles. The van der Waals surface area contributed by atoms with Gasteiger partial charge >= 0.3 is 11.9 Å². The molecule has 1 atom stereocenters. The van der Waals surface area contributed by atoms with Gasteiger partial charge in [0.1, 0.15) is 0 Å². The molecule has 0 fully saturated rings. The molecule has 0 spiro atoms. The second-order valence-corrected chi connectivity index (χ2v) is 6.99. The second-order valence-electron chi connectivity index (χ2n) is 6.99. The summed E-state index contributed by atoms with van der Waals surface area (Å²) in [4.78, 5) is 39.0. The molecule has 0 N–H and O–H groups in total. The van der Waals surface area contributed by atoms with Gasteiger partial charge in [0.05, 0.1) is 19.1 Å². The fourth-order valence-corrected chi connectivity index (χ4v) is 3.37. The first-order valence-electron chi connectivity index (χ1n) is 9.14. The summed E-state index contributed by atoms with van der Waals surface area (Å²) in [6.07, 6.45) is 0.354. The van der Waals surface area contributed by atoms with E-state index in [-0.39, 0.29) is 25.3 Å². The number of carbonyl (C=O) groups excluding carboxylic acids is 3. The molecule has 0 saturated carbocycles. The third-order valence-corrected chi connectivity index (χ3v) is 4.85. The van der Waals surface area contributed by atoms with E-state index in [1.807, 2.05) is 42.5 Å². The Morgan fingerprint density at radius 1 is 1.11 bits per heavy atom. The van der Waals surface area contributed by atoms with E-state index in [0.29, 0.717) is 12.1 Å². The van der Waals surface area contributed by atoms with Crippen LogP contribution in [0.4, 0.5) is 0 Å². The van der Waals surface area contributed by atoms with Crippen LogP contribution in [0.2, 0.25) is 0 Å². The number of rotatable bonds is 6. The molecular weight excluding hydrogens is 358 g/mol. The zero-order valence-corrected chi connectivity index (χ0v) is 16.0. The topological polar surface area (TPSA) is 72.9 Å². The summed E-state index contributed by atoms with van der Waals surface area (Å²) in [5, 5.41) is 0. The number of hydrogen-bond acceptors (Lipinski definition) is 5. The highest BCUT2D eigenvalue weighted by Gasteiger charge is 2.44. The Morgan fingerprint density at radius 2 is 1.79 bits per heavy atom. The largest absolute Gasteiger partial charge is 0.469 e. The number of nitrogens with zero attached hydrogens (tertiary/aromatic N) is 1. The van der Waals surface area contributed by atoms with Gasteiger partial charge in [-0.1, -0.05) is 48.5 Å². The molecule has 0 aromatic heterocycles. The Labute approximate surface area is 164 Å². The average molecular weight is 381 g/mol. The van der Waals surface area contributed by atoms with Crippen LogP contribution in [0.15, 0.2) is 54.6 Å². The number of hydrogen-bond donors (Lipinski definition) is 0. The molecule has 6 heteroatoms. The van der Waals surface area contributed by atoms with Crippen LogP contribution in [0.3, 0.4) is 0 Å². The zero-order valence-electron chi connectivity index (χ0n) is 16.0. The van der Waals surface area contributed by atoms with Crippen molar-refractivity contribution in [3.63, 3.8) is 0 Å². The van der Waals surface area contributed by atoms with Gasteiger partial charge in [0.2, 0.25) is 0 Å². The standard InChI is InChI=1S/C22H23NO5/c1-22(14-17-10-6-7-11-18(17)20(25)28-22)21(26)23(13-12-19(24)27-2)15-16-8-4-3-5-9-16/h3-11H,12-15H2,1-2H3. The summed E-state index contributed by atoms with van der Waals surface area (Å²) in [5.74, 6) is -1.24. The predicted molar refractivity (Wildman–Crippen MR) is 102 cm³/mol. The van der Waals surface area contributed by atoms with Crippen molar-refractivity contribution in [3.8, 4) is 0 Å². The van der Waals surface area contributed by atoms with Crippen LogP contribution in [-0.4, -0.2) is 42.0 Å². The summed E-state index contributed by atoms with van der Waals surface area (Å²) in [6.45, 7) is 2.11. The fourth-order valence-electron chi connectivity index (χ4n) is 3.37. The second kappa shape index (κ2) is 8.25. The zero-order chi connectivity index (χ0) is 20.1. The Bertz CT molecular complexity index is 880. The average Bonchev–Trinajstić information content (AvgIpc) is 2.71. The van der Waals surface area contributed by atoms with Crippen LogP contribution in [0, 0.1) is 0 Å². The maximum atomic E-state index is 13.4. The molecule has 28 heavy (non-hydrogen) atoms. The van der Waals surface area contributed by atoms with Crippen molar-refractivity contribution < 1.29 is 23.9 Å². The highest BCUT2D eigenvalue weighted by molar-refractivity contribution is 5.97. The highest BCUT2D eigenvalue weighted by atomic mass is 16.6. The normalized spacial score (nSPS) is 18.0. The van der Waals surface area contributed by atoms with Gasteiger partial charge in [-0.2, -0.15) is 0 Å². The lowest BCUT2D eigenvalue weighted by Gasteiger charge is -2.37. The Kier molecular flexibility index (Phi) is 5.78. The van der Waals surface area contributed by atoms with Crippen LogP contribution in [0.5, 0.6) is 0 Å². The van der Waals surface area contributed by atoms with Gasteiger partial charge in [0.25, 0.3) is 5.91 Å². The van der Waals surface area contributed by atoms with Gasteiger partial charge in [0.15, 0.2) is 5.60 Å². The molecule has 1 aliphatic rings. The molecule has 3 rings (SSSR count). The molecule has 0 bridgehead atoms. The van der Waals surface area contributed by atoms with Gasteiger partial charge in [-0.3, -0.25) is 9.59 Å². The molecule has 1 amide bonds. The number of ether oxygens (including phenoxy) is 2. The van der Waals surface area contributed by atoms with Crippen LogP contribution >= 0.6 is 0 Å². The number of benzene rings is 2. The minimum atomic E-state index is -1.32. The van der Waals surface area contributed by atoms with Crippen LogP contribution < -0.4 is 0 Å². The van der Waals surface area contributed by atoms with Crippen LogP contribution in [-0.2, 0) is 32.0 Å². The quantitative estimate of drug-likeness (QED) is 0.720. The van der Waals surface area contributed by atoms with Crippen molar-refractivity contribution in [1.82, 2.24) is 4.90 Å². The molecule has 2 aromatic rings. The first-order valence-corrected chi connectivity index (χ1v) is 9.14. The van der Waals surface area contributed by atoms with E-state index in [1.54, 1.807) is 24.0 Å². The van der Waals surface area contributed by atoms with E-state index < -0.39 is 17.5 Å². The number of methoxy groups -OCH3 is 1. The SMILES string of the molecule is COC(=O)CCN(Cc1ccccc1)C(=O)C1(C)Cc2ccccc2C(=O)O1. The highest BCUT2D eigenvalue weighted by Crippen LogP contribution is 2.30. The van der Waals surface area contributed by atoms with Crippen molar-refractivity contribution in [2.75, 3.05) is 13.7 Å². The van der Waals surface area contributed by atoms with Gasteiger partial charge in [-0.05, 0) is 24.1 Å². The third kappa shape index (κ3) is 4.22.